The third-order valence-electron chi connectivity index (χ3n) is 3.50. The van der Waals surface area contributed by atoms with Crippen molar-refractivity contribution in [2.75, 3.05) is 31.5 Å². The van der Waals surface area contributed by atoms with Crippen molar-refractivity contribution in [3.63, 3.8) is 0 Å². The molecule has 2 amide bonds. The second kappa shape index (κ2) is 6.66. The molecule has 0 saturated carbocycles. The second-order valence-corrected chi connectivity index (χ2v) is 6.01. The van der Waals surface area contributed by atoms with Gasteiger partial charge in [-0.25, -0.2) is 4.79 Å². The van der Waals surface area contributed by atoms with E-state index >= 15 is 0 Å². The van der Waals surface area contributed by atoms with E-state index < -0.39 is 0 Å². The molecule has 6 heteroatoms. The number of urea groups is 1. The number of piperazine rings is 1. The Bertz CT molecular complexity index is 485. The van der Waals surface area contributed by atoms with Crippen LogP contribution in [0.2, 0.25) is 10.0 Å². The van der Waals surface area contributed by atoms with Crippen molar-refractivity contribution in [2.24, 2.45) is 0 Å². The number of carbonyl (C=O) groups is 1. The minimum atomic E-state index is -0.127. The fourth-order valence-corrected chi connectivity index (χ4v) is 2.57. The van der Waals surface area contributed by atoms with Gasteiger partial charge in [0.05, 0.1) is 10.7 Å². The lowest BCUT2D eigenvalue weighted by Gasteiger charge is -2.36. The Morgan fingerprint density at radius 1 is 1.20 bits per heavy atom. The van der Waals surface area contributed by atoms with E-state index in [1.165, 1.54) is 0 Å². The molecule has 110 valence electrons. The van der Waals surface area contributed by atoms with Crippen LogP contribution in [0.3, 0.4) is 0 Å². The molecule has 1 N–H and O–H groups in total. The summed E-state index contributed by atoms with van der Waals surface area (Å²) in [6, 6.07) is 5.42. The average Bonchev–Trinajstić information content (AvgIpc) is 2.43. The fourth-order valence-electron chi connectivity index (χ4n) is 2.23. The molecule has 0 spiro atoms. The van der Waals surface area contributed by atoms with Crippen molar-refractivity contribution in [3.05, 3.63) is 28.2 Å². The zero-order chi connectivity index (χ0) is 14.7. The normalized spacial score (nSPS) is 16.6. The SMILES string of the molecule is CC(C)N1CCN(C(=O)Nc2cc(Cl)ccc2Cl)CC1. The van der Waals surface area contributed by atoms with Gasteiger partial charge in [-0.1, -0.05) is 23.2 Å². The zero-order valence-corrected chi connectivity index (χ0v) is 13.2. The molecule has 2 rings (SSSR count). The molecule has 1 aliphatic heterocycles. The number of nitrogens with zero attached hydrogens (tertiary/aromatic N) is 2. The Kier molecular flexibility index (Phi) is 5.13. The first kappa shape index (κ1) is 15.4. The zero-order valence-electron chi connectivity index (χ0n) is 11.7. The van der Waals surface area contributed by atoms with E-state index in [4.69, 9.17) is 23.2 Å². The molecule has 0 aromatic heterocycles. The monoisotopic (exact) mass is 315 g/mol. The van der Waals surface area contributed by atoms with Crippen LogP contribution in [0.1, 0.15) is 13.8 Å². The third-order valence-corrected chi connectivity index (χ3v) is 4.07. The minimum absolute atomic E-state index is 0.127. The maximum Gasteiger partial charge on any atom is 0.321 e. The van der Waals surface area contributed by atoms with Crippen molar-refractivity contribution in [3.8, 4) is 0 Å². The van der Waals surface area contributed by atoms with Crippen LogP contribution in [-0.2, 0) is 0 Å². The molecule has 1 fully saturated rings. The van der Waals surface area contributed by atoms with Gasteiger partial charge < -0.3 is 10.2 Å². The summed E-state index contributed by atoms with van der Waals surface area (Å²) in [5.41, 5.74) is 0.551. The standard InChI is InChI=1S/C14H19Cl2N3O/c1-10(2)18-5-7-19(8-6-18)14(20)17-13-9-11(15)3-4-12(13)16/h3-4,9-10H,5-8H2,1-2H3,(H,17,20). The molecule has 20 heavy (non-hydrogen) atoms. The van der Waals surface area contributed by atoms with Crippen molar-refractivity contribution < 1.29 is 4.79 Å². The van der Waals surface area contributed by atoms with Crippen LogP contribution in [0.4, 0.5) is 10.5 Å². The van der Waals surface area contributed by atoms with Crippen molar-refractivity contribution >= 4 is 34.9 Å². The molecule has 0 bridgehead atoms. The topological polar surface area (TPSA) is 35.6 Å². The second-order valence-electron chi connectivity index (χ2n) is 5.17. The first-order valence-electron chi connectivity index (χ1n) is 6.72. The summed E-state index contributed by atoms with van der Waals surface area (Å²) in [5, 5.41) is 3.86. The predicted molar refractivity (Wildman–Crippen MR) is 83.8 cm³/mol. The Morgan fingerprint density at radius 2 is 1.85 bits per heavy atom. The molecule has 4 nitrogen and oxygen atoms in total. The van der Waals surface area contributed by atoms with E-state index in [1.807, 2.05) is 0 Å². The summed E-state index contributed by atoms with van der Waals surface area (Å²) in [5.74, 6) is 0. The van der Waals surface area contributed by atoms with Gasteiger partial charge in [-0.05, 0) is 32.0 Å². The number of benzene rings is 1. The van der Waals surface area contributed by atoms with Gasteiger partial charge in [0.15, 0.2) is 0 Å². The van der Waals surface area contributed by atoms with Crippen LogP contribution in [0.5, 0.6) is 0 Å². The fraction of sp³-hybridized carbons (Fsp3) is 0.500. The summed E-state index contributed by atoms with van der Waals surface area (Å²) in [6.07, 6.45) is 0. The molecule has 1 aromatic rings. The molecule has 1 saturated heterocycles. The van der Waals surface area contributed by atoms with Gasteiger partial charge in [0, 0.05) is 37.2 Å². The Hall–Kier alpha value is -0.970. The van der Waals surface area contributed by atoms with Crippen molar-refractivity contribution in [2.45, 2.75) is 19.9 Å². The maximum atomic E-state index is 12.2. The first-order chi connectivity index (χ1) is 9.47. The van der Waals surface area contributed by atoms with E-state index in [0.29, 0.717) is 21.8 Å². The van der Waals surface area contributed by atoms with Gasteiger partial charge in [0.1, 0.15) is 0 Å². The number of amides is 2. The Morgan fingerprint density at radius 3 is 2.45 bits per heavy atom. The predicted octanol–water partition coefficient (Wildman–Crippen LogP) is 3.55. The molecule has 0 unspecified atom stereocenters. The van der Waals surface area contributed by atoms with E-state index in [9.17, 15) is 4.79 Å². The lowest BCUT2D eigenvalue weighted by Crippen LogP contribution is -2.51. The van der Waals surface area contributed by atoms with Gasteiger partial charge in [0.25, 0.3) is 0 Å². The van der Waals surface area contributed by atoms with Gasteiger partial charge in [0.2, 0.25) is 0 Å². The summed E-state index contributed by atoms with van der Waals surface area (Å²) in [7, 11) is 0. The highest BCUT2D eigenvalue weighted by Crippen LogP contribution is 2.25. The molecule has 0 atom stereocenters. The van der Waals surface area contributed by atoms with Crippen LogP contribution >= 0.6 is 23.2 Å². The molecule has 0 aliphatic carbocycles. The van der Waals surface area contributed by atoms with Gasteiger partial charge in [-0.15, -0.1) is 0 Å². The van der Waals surface area contributed by atoms with Crippen molar-refractivity contribution in [1.29, 1.82) is 0 Å². The van der Waals surface area contributed by atoms with E-state index in [-0.39, 0.29) is 6.03 Å². The molecule has 0 radical (unpaired) electrons. The number of hydrogen-bond acceptors (Lipinski definition) is 2. The Labute approximate surface area is 129 Å². The lowest BCUT2D eigenvalue weighted by atomic mass is 10.2. The minimum Gasteiger partial charge on any atom is -0.322 e. The van der Waals surface area contributed by atoms with Gasteiger partial charge >= 0.3 is 6.03 Å². The number of carbonyl (C=O) groups excluding carboxylic acids is 1. The molecule has 1 aliphatic rings. The highest BCUT2D eigenvalue weighted by atomic mass is 35.5. The number of anilines is 1. The van der Waals surface area contributed by atoms with Gasteiger partial charge in [-0.3, -0.25) is 4.90 Å². The highest BCUT2D eigenvalue weighted by molar-refractivity contribution is 6.35. The molecule has 1 aromatic carbocycles. The van der Waals surface area contributed by atoms with Crippen LogP contribution < -0.4 is 5.32 Å². The largest absolute Gasteiger partial charge is 0.322 e. The smallest absolute Gasteiger partial charge is 0.321 e. The number of halogens is 2. The molecular formula is C14H19Cl2N3O. The number of rotatable bonds is 2. The van der Waals surface area contributed by atoms with Crippen LogP contribution in [0.15, 0.2) is 18.2 Å². The van der Waals surface area contributed by atoms with Crippen LogP contribution in [0, 0.1) is 0 Å². The number of hydrogen-bond donors (Lipinski definition) is 1. The van der Waals surface area contributed by atoms with Crippen LogP contribution in [-0.4, -0.2) is 48.1 Å². The summed E-state index contributed by atoms with van der Waals surface area (Å²) >= 11 is 12.0. The quantitative estimate of drug-likeness (QED) is 0.906. The Balaban J connectivity index is 1.94. The first-order valence-corrected chi connectivity index (χ1v) is 7.48. The van der Waals surface area contributed by atoms with Crippen LogP contribution in [0.25, 0.3) is 0 Å². The summed E-state index contributed by atoms with van der Waals surface area (Å²) < 4.78 is 0. The van der Waals surface area contributed by atoms with Crippen molar-refractivity contribution in [1.82, 2.24) is 9.80 Å². The van der Waals surface area contributed by atoms with E-state index in [1.54, 1.807) is 23.1 Å². The average molecular weight is 316 g/mol. The summed E-state index contributed by atoms with van der Waals surface area (Å²) in [4.78, 5) is 16.4. The molecule has 1 heterocycles. The number of nitrogens with one attached hydrogen (secondary N) is 1. The highest BCUT2D eigenvalue weighted by Gasteiger charge is 2.22. The molecular weight excluding hydrogens is 297 g/mol. The maximum absolute atomic E-state index is 12.2. The van der Waals surface area contributed by atoms with E-state index in [0.717, 1.165) is 26.2 Å². The van der Waals surface area contributed by atoms with Gasteiger partial charge in [-0.2, -0.15) is 0 Å². The lowest BCUT2D eigenvalue weighted by molar-refractivity contribution is 0.125. The van der Waals surface area contributed by atoms with E-state index in [2.05, 4.69) is 24.1 Å². The summed E-state index contributed by atoms with van der Waals surface area (Å²) in [6.45, 7) is 7.58. The third kappa shape index (κ3) is 3.78.